The molecule has 1 aromatic heterocycles. The molecule has 0 aliphatic heterocycles. The van der Waals surface area contributed by atoms with Crippen LogP contribution in [-0.4, -0.2) is 35.1 Å². The quantitative estimate of drug-likeness (QED) is 0.397. The first-order valence-electron chi connectivity index (χ1n) is 12.5. The maximum absolute atomic E-state index is 12.8. The van der Waals surface area contributed by atoms with Gasteiger partial charge in [0.25, 0.3) is 5.91 Å². The number of benzene rings is 2. The van der Waals surface area contributed by atoms with Gasteiger partial charge in [-0.25, -0.2) is 9.97 Å². The second-order valence-corrected chi connectivity index (χ2v) is 8.69. The SMILES string of the molecule is CCOc1ccc(CNC(=O)c2cccc(-c3cnc(NC4CCCCC4)nc3)c2)cc1OCC. The summed E-state index contributed by atoms with van der Waals surface area (Å²) in [5.74, 6) is 1.91. The van der Waals surface area contributed by atoms with E-state index >= 15 is 0 Å². The lowest BCUT2D eigenvalue weighted by Gasteiger charge is -2.22. The van der Waals surface area contributed by atoms with Gasteiger partial charge in [0.15, 0.2) is 11.5 Å². The highest BCUT2D eigenvalue weighted by Crippen LogP contribution is 2.28. The summed E-state index contributed by atoms with van der Waals surface area (Å²) in [7, 11) is 0. The van der Waals surface area contributed by atoms with Crippen molar-refractivity contribution in [1.29, 1.82) is 0 Å². The van der Waals surface area contributed by atoms with Gasteiger partial charge in [0.2, 0.25) is 5.95 Å². The molecule has 0 radical (unpaired) electrons. The zero-order valence-electron chi connectivity index (χ0n) is 20.5. The van der Waals surface area contributed by atoms with E-state index in [1.807, 2.05) is 68.7 Å². The van der Waals surface area contributed by atoms with Crippen molar-refractivity contribution in [1.82, 2.24) is 15.3 Å². The van der Waals surface area contributed by atoms with Crippen LogP contribution in [0.15, 0.2) is 54.9 Å². The topological polar surface area (TPSA) is 85.4 Å². The van der Waals surface area contributed by atoms with E-state index in [4.69, 9.17) is 9.47 Å². The standard InChI is InChI=1S/C28H34N4O3/c1-3-34-25-14-13-20(15-26(25)35-4-2)17-29-27(33)22-10-8-9-21(16-22)23-18-30-28(31-19-23)32-24-11-6-5-7-12-24/h8-10,13-16,18-19,24H,3-7,11-12,17H2,1-2H3,(H,29,33)(H,30,31,32). The van der Waals surface area contributed by atoms with E-state index in [1.165, 1.54) is 32.1 Å². The van der Waals surface area contributed by atoms with Gasteiger partial charge < -0.3 is 20.1 Å². The molecule has 0 spiro atoms. The lowest BCUT2D eigenvalue weighted by Crippen LogP contribution is -2.23. The van der Waals surface area contributed by atoms with Gasteiger partial charge in [0, 0.05) is 36.1 Å². The number of carbonyl (C=O) groups is 1. The van der Waals surface area contributed by atoms with Crippen molar-refractivity contribution in [2.45, 2.75) is 58.5 Å². The van der Waals surface area contributed by atoms with Gasteiger partial charge in [-0.2, -0.15) is 0 Å². The number of carbonyl (C=O) groups excluding carboxylic acids is 1. The molecule has 35 heavy (non-hydrogen) atoms. The molecule has 1 aliphatic rings. The normalized spacial score (nSPS) is 13.8. The molecule has 0 saturated heterocycles. The molecular formula is C28H34N4O3. The van der Waals surface area contributed by atoms with Crippen molar-refractivity contribution in [3.63, 3.8) is 0 Å². The van der Waals surface area contributed by atoms with Crippen LogP contribution in [0.4, 0.5) is 5.95 Å². The lowest BCUT2D eigenvalue weighted by molar-refractivity contribution is 0.0951. The van der Waals surface area contributed by atoms with Crippen LogP contribution in [0.1, 0.15) is 61.9 Å². The maximum atomic E-state index is 12.8. The number of hydrogen-bond donors (Lipinski definition) is 2. The predicted octanol–water partition coefficient (Wildman–Crippen LogP) is 5.62. The van der Waals surface area contributed by atoms with Crippen LogP contribution in [0.25, 0.3) is 11.1 Å². The van der Waals surface area contributed by atoms with Gasteiger partial charge in [-0.1, -0.05) is 37.5 Å². The van der Waals surface area contributed by atoms with Gasteiger partial charge in [-0.05, 0) is 62.1 Å². The van der Waals surface area contributed by atoms with E-state index in [-0.39, 0.29) is 5.91 Å². The van der Waals surface area contributed by atoms with Crippen molar-refractivity contribution >= 4 is 11.9 Å². The average Bonchev–Trinajstić information content (AvgIpc) is 2.90. The highest BCUT2D eigenvalue weighted by atomic mass is 16.5. The first-order valence-corrected chi connectivity index (χ1v) is 12.5. The van der Waals surface area contributed by atoms with Crippen molar-refractivity contribution in [2.24, 2.45) is 0 Å². The zero-order chi connectivity index (χ0) is 24.5. The van der Waals surface area contributed by atoms with Crippen molar-refractivity contribution in [3.8, 4) is 22.6 Å². The van der Waals surface area contributed by atoms with E-state index in [0.29, 0.717) is 48.8 Å². The molecule has 3 aromatic rings. The minimum absolute atomic E-state index is 0.143. The molecule has 1 saturated carbocycles. The predicted molar refractivity (Wildman–Crippen MR) is 138 cm³/mol. The van der Waals surface area contributed by atoms with Gasteiger partial charge in [0.1, 0.15) is 0 Å². The second kappa shape index (κ2) is 12.2. The number of rotatable bonds is 10. The number of anilines is 1. The number of nitrogens with one attached hydrogen (secondary N) is 2. The summed E-state index contributed by atoms with van der Waals surface area (Å²) in [5, 5.41) is 6.43. The van der Waals surface area contributed by atoms with Crippen LogP contribution >= 0.6 is 0 Å². The number of hydrogen-bond acceptors (Lipinski definition) is 6. The highest BCUT2D eigenvalue weighted by molar-refractivity contribution is 5.95. The fourth-order valence-electron chi connectivity index (χ4n) is 4.31. The molecular weight excluding hydrogens is 440 g/mol. The van der Waals surface area contributed by atoms with E-state index in [9.17, 15) is 4.79 Å². The molecule has 4 rings (SSSR count). The smallest absolute Gasteiger partial charge is 0.251 e. The highest BCUT2D eigenvalue weighted by Gasteiger charge is 2.14. The van der Waals surface area contributed by atoms with Crippen LogP contribution in [-0.2, 0) is 6.54 Å². The van der Waals surface area contributed by atoms with E-state index in [0.717, 1.165) is 16.7 Å². The van der Waals surface area contributed by atoms with Crippen LogP contribution in [0, 0.1) is 0 Å². The molecule has 2 N–H and O–H groups in total. The van der Waals surface area contributed by atoms with Crippen molar-refractivity contribution < 1.29 is 14.3 Å². The van der Waals surface area contributed by atoms with Gasteiger partial charge in [-0.15, -0.1) is 0 Å². The van der Waals surface area contributed by atoms with E-state index in [1.54, 1.807) is 0 Å². The Hall–Kier alpha value is -3.61. The monoisotopic (exact) mass is 474 g/mol. The number of nitrogens with zero attached hydrogens (tertiary/aromatic N) is 2. The minimum Gasteiger partial charge on any atom is -0.490 e. The summed E-state index contributed by atoms with van der Waals surface area (Å²) >= 11 is 0. The Labute approximate surface area is 207 Å². The molecule has 7 nitrogen and oxygen atoms in total. The molecule has 0 bridgehead atoms. The number of aromatic nitrogens is 2. The second-order valence-electron chi connectivity index (χ2n) is 8.69. The summed E-state index contributed by atoms with van der Waals surface area (Å²) in [5.41, 5.74) is 3.31. The molecule has 1 amide bonds. The van der Waals surface area contributed by atoms with E-state index in [2.05, 4.69) is 20.6 Å². The fourth-order valence-corrected chi connectivity index (χ4v) is 4.31. The van der Waals surface area contributed by atoms with Gasteiger partial charge >= 0.3 is 0 Å². The Morgan fingerprint density at radius 1 is 0.914 bits per heavy atom. The van der Waals surface area contributed by atoms with Crippen molar-refractivity contribution in [2.75, 3.05) is 18.5 Å². The zero-order valence-corrected chi connectivity index (χ0v) is 20.5. The fraction of sp³-hybridized carbons (Fsp3) is 0.393. The number of amides is 1. The maximum Gasteiger partial charge on any atom is 0.251 e. The Kier molecular flexibility index (Phi) is 8.54. The first-order chi connectivity index (χ1) is 17.2. The molecule has 184 valence electrons. The molecule has 1 heterocycles. The molecule has 1 fully saturated rings. The van der Waals surface area contributed by atoms with Crippen LogP contribution in [0.5, 0.6) is 11.5 Å². The lowest BCUT2D eigenvalue weighted by atomic mass is 9.96. The van der Waals surface area contributed by atoms with Gasteiger partial charge in [-0.3, -0.25) is 4.79 Å². The summed E-state index contributed by atoms with van der Waals surface area (Å²) in [4.78, 5) is 21.8. The summed E-state index contributed by atoms with van der Waals surface area (Å²) in [6.07, 6.45) is 9.80. The Morgan fingerprint density at radius 3 is 2.40 bits per heavy atom. The van der Waals surface area contributed by atoms with E-state index < -0.39 is 0 Å². The molecule has 2 aromatic carbocycles. The van der Waals surface area contributed by atoms with Crippen LogP contribution in [0.2, 0.25) is 0 Å². The molecule has 1 aliphatic carbocycles. The van der Waals surface area contributed by atoms with Crippen LogP contribution in [0.3, 0.4) is 0 Å². The molecule has 0 atom stereocenters. The minimum atomic E-state index is -0.143. The molecule has 0 unspecified atom stereocenters. The third-order valence-corrected chi connectivity index (χ3v) is 6.11. The summed E-state index contributed by atoms with van der Waals surface area (Å²) < 4.78 is 11.3. The third kappa shape index (κ3) is 6.72. The summed E-state index contributed by atoms with van der Waals surface area (Å²) in [6, 6.07) is 13.7. The van der Waals surface area contributed by atoms with Crippen molar-refractivity contribution in [3.05, 3.63) is 66.0 Å². The van der Waals surface area contributed by atoms with Gasteiger partial charge in [0.05, 0.1) is 13.2 Å². The Bertz CT molecular complexity index is 1110. The van der Waals surface area contributed by atoms with Crippen LogP contribution < -0.4 is 20.1 Å². The third-order valence-electron chi connectivity index (χ3n) is 6.11. The first kappa shape index (κ1) is 24.5. The Morgan fingerprint density at radius 2 is 1.66 bits per heavy atom. The number of ether oxygens (including phenoxy) is 2. The largest absolute Gasteiger partial charge is 0.490 e. The average molecular weight is 475 g/mol. The molecule has 7 heteroatoms. The summed E-state index contributed by atoms with van der Waals surface area (Å²) in [6.45, 7) is 5.37. The Balaban J connectivity index is 1.38.